The lowest BCUT2D eigenvalue weighted by molar-refractivity contribution is -0.125. The van der Waals surface area contributed by atoms with Crippen molar-refractivity contribution in [1.82, 2.24) is 39.7 Å². The van der Waals surface area contributed by atoms with E-state index in [1.165, 1.54) is 4.90 Å². The van der Waals surface area contributed by atoms with Crippen LogP contribution in [0.25, 0.3) is 0 Å². The van der Waals surface area contributed by atoms with Crippen molar-refractivity contribution >= 4 is 35.7 Å². The number of rotatable bonds is 6. The van der Waals surface area contributed by atoms with Gasteiger partial charge in [0.15, 0.2) is 0 Å². The van der Waals surface area contributed by atoms with Crippen LogP contribution in [0.3, 0.4) is 0 Å². The molecule has 27 heavy (non-hydrogen) atoms. The Bertz CT molecular complexity index is 847. The quantitative estimate of drug-likeness (QED) is 0.383. The molecule has 0 aliphatic carbocycles. The van der Waals surface area contributed by atoms with Gasteiger partial charge < -0.3 is 27.8 Å². The summed E-state index contributed by atoms with van der Waals surface area (Å²) < 4.78 is 0. The van der Waals surface area contributed by atoms with E-state index >= 15 is 0 Å². The highest BCUT2D eigenvalue weighted by molar-refractivity contribution is 6.02. The fraction of sp³-hybridized carbons (Fsp3) is 0.385. The molecule has 3 heterocycles. The predicted molar refractivity (Wildman–Crippen MR) is 93.4 cm³/mol. The van der Waals surface area contributed by atoms with Gasteiger partial charge in [-0.25, -0.2) is 4.79 Å². The van der Waals surface area contributed by atoms with Crippen LogP contribution in [-0.2, 0) is 17.6 Å². The van der Waals surface area contributed by atoms with E-state index in [1.54, 1.807) is 0 Å². The van der Waals surface area contributed by atoms with E-state index in [0.29, 0.717) is 11.6 Å². The molecule has 14 heteroatoms. The van der Waals surface area contributed by atoms with Gasteiger partial charge in [0.2, 0.25) is 29.7 Å². The van der Waals surface area contributed by atoms with Crippen molar-refractivity contribution in [3.8, 4) is 0 Å². The molecule has 8 N–H and O–H groups in total. The largest absolute Gasteiger partial charge is 0.368 e. The summed E-state index contributed by atoms with van der Waals surface area (Å²) in [5, 5.41) is 0. The van der Waals surface area contributed by atoms with E-state index < -0.39 is 6.03 Å². The molecule has 0 unspecified atom stereocenters. The standard InChI is InChI=1S/C13H18N12O2/c14-9-18-6(19-10(15)22-9)1-3-24-5-8(26)25(13(24)27)4-2-7-20-11(16)23-12(17)21-7/h1-5H2,(H4,14,15,18,19,22)(H4,16,17,20,21,23). The number of nitrogen functional groups attached to an aromatic ring is 4. The minimum atomic E-state index is -0.426. The van der Waals surface area contributed by atoms with Crippen molar-refractivity contribution in [2.24, 2.45) is 0 Å². The van der Waals surface area contributed by atoms with E-state index in [0.717, 1.165) is 4.90 Å². The molecule has 0 aromatic carbocycles. The molecule has 0 spiro atoms. The monoisotopic (exact) mass is 374 g/mol. The van der Waals surface area contributed by atoms with Crippen molar-refractivity contribution in [3.63, 3.8) is 0 Å². The maximum atomic E-state index is 12.5. The first-order valence-corrected chi connectivity index (χ1v) is 7.93. The van der Waals surface area contributed by atoms with Gasteiger partial charge in [0.05, 0.1) is 0 Å². The van der Waals surface area contributed by atoms with Crippen molar-refractivity contribution < 1.29 is 9.59 Å². The molecule has 1 saturated heterocycles. The van der Waals surface area contributed by atoms with Gasteiger partial charge in [0.1, 0.15) is 18.2 Å². The van der Waals surface area contributed by atoms with Gasteiger partial charge in [-0.3, -0.25) is 9.69 Å². The van der Waals surface area contributed by atoms with Gasteiger partial charge in [-0.2, -0.15) is 29.9 Å². The molecule has 2 aromatic heterocycles. The van der Waals surface area contributed by atoms with Crippen molar-refractivity contribution in [1.29, 1.82) is 0 Å². The summed E-state index contributed by atoms with van der Waals surface area (Å²) in [5.74, 6) is 0.274. The van der Waals surface area contributed by atoms with Crippen LogP contribution in [0.1, 0.15) is 11.6 Å². The number of urea groups is 1. The lowest BCUT2D eigenvalue weighted by atomic mass is 10.3. The van der Waals surface area contributed by atoms with E-state index in [9.17, 15) is 9.59 Å². The third-order valence-corrected chi connectivity index (χ3v) is 3.73. The maximum Gasteiger partial charge on any atom is 0.327 e. The first-order chi connectivity index (χ1) is 12.8. The Morgan fingerprint density at radius 2 is 1.15 bits per heavy atom. The molecule has 0 bridgehead atoms. The van der Waals surface area contributed by atoms with Crippen LogP contribution in [-0.4, -0.2) is 71.3 Å². The molecule has 1 aliphatic rings. The van der Waals surface area contributed by atoms with E-state index in [2.05, 4.69) is 29.9 Å². The Labute approximate surface area is 153 Å². The fourth-order valence-corrected chi connectivity index (χ4v) is 2.57. The second-order valence-corrected chi connectivity index (χ2v) is 5.69. The summed E-state index contributed by atoms with van der Waals surface area (Å²) in [4.78, 5) is 50.2. The minimum Gasteiger partial charge on any atom is -0.368 e. The molecule has 0 atom stereocenters. The number of nitrogens with zero attached hydrogens (tertiary/aromatic N) is 8. The van der Waals surface area contributed by atoms with Gasteiger partial charge in [-0.15, -0.1) is 0 Å². The number of hydrogen-bond donors (Lipinski definition) is 4. The third kappa shape index (κ3) is 4.23. The third-order valence-electron chi connectivity index (χ3n) is 3.73. The Hall–Kier alpha value is -3.84. The van der Waals surface area contributed by atoms with Gasteiger partial charge in [-0.1, -0.05) is 0 Å². The van der Waals surface area contributed by atoms with Crippen molar-refractivity contribution in [2.75, 3.05) is 42.6 Å². The van der Waals surface area contributed by atoms with Crippen LogP contribution >= 0.6 is 0 Å². The lowest BCUT2D eigenvalue weighted by Gasteiger charge is -2.16. The van der Waals surface area contributed by atoms with Gasteiger partial charge in [0.25, 0.3) is 0 Å². The topological polar surface area (TPSA) is 222 Å². The lowest BCUT2D eigenvalue weighted by Crippen LogP contribution is -2.35. The predicted octanol–water partition coefficient (Wildman–Crippen LogP) is -2.57. The Balaban J connectivity index is 1.59. The second kappa shape index (κ2) is 7.19. The zero-order chi connectivity index (χ0) is 19.6. The number of amides is 3. The Morgan fingerprint density at radius 3 is 1.63 bits per heavy atom. The van der Waals surface area contributed by atoms with Gasteiger partial charge in [-0.05, 0) is 0 Å². The summed E-state index contributed by atoms with van der Waals surface area (Å²) in [6.45, 7) is 0.286. The Kier molecular flexibility index (Phi) is 4.78. The number of anilines is 4. The molecule has 0 radical (unpaired) electrons. The van der Waals surface area contributed by atoms with Gasteiger partial charge >= 0.3 is 6.03 Å². The van der Waals surface area contributed by atoms with E-state index in [1.807, 2.05) is 0 Å². The highest BCUT2D eigenvalue weighted by atomic mass is 16.2. The van der Waals surface area contributed by atoms with Crippen LogP contribution < -0.4 is 22.9 Å². The summed E-state index contributed by atoms with van der Waals surface area (Å²) >= 11 is 0. The fourth-order valence-electron chi connectivity index (χ4n) is 2.57. The number of carbonyl (C=O) groups excluding carboxylic acids is 2. The highest BCUT2D eigenvalue weighted by Crippen LogP contribution is 2.12. The summed E-state index contributed by atoms with van der Waals surface area (Å²) in [6, 6.07) is -0.426. The average Bonchev–Trinajstić information content (AvgIpc) is 2.83. The first-order valence-electron chi connectivity index (χ1n) is 7.93. The molecule has 14 nitrogen and oxygen atoms in total. The van der Waals surface area contributed by atoms with Crippen LogP contribution in [0, 0.1) is 0 Å². The average molecular weight is 374 g/mol. The molecule has 2 aromatic rings. The maximum absolute atomic E-state index is 12.5. The Morgan fingerprint density at radius 1 is 0.704 bits per heavy atom. The van der Waals surface area contributed by atoms with Crippen LogP contribution in [0.5, 0.6) is 0 Å². The number of hydrogen-bond acceptors (Lipinski definition) is 12. The molecule has 1 aliphatic heterocycles. The normalized spacial score (nSPS) is 14.2. The number of imide groups is 1. The second-order valence-electron chi connectivity index (χ2n) is 5.69. The van der Waals surface area contributed by atoms with Crippen molar-refractivity contribution in [3.05, 3.63) is 11.6 Å². The highest BCUT2D eigenvalue weighted by Gasteiger charge is 2.35. The molecular weight excluding hydrogens is 356 g/mol. The smallest absolute Gasteiger partial charge is 0.327 e. The first kappa shape index (κ1) is 18.0. The SMILES string of the molecule is Nc1nc(N)nc(CCN2CC(=O)N(CCc3nc(N)nc(N)n3)C2=O)n1. The molecule has 3 amide bonds. The summed E-state index contributed by atoms with van der Waals surface area (Å²) in [7, 11) is 0. The zero-order valence-corrected chi connectivity index (χ0v) is 14.2. The minimum absolute atomic E-state index is 0.00107. The van der Waals surface area contributed by atoms with Crippen LogP contribution in [0.2, 0.25) is 0 Å². The summed E-state index contributed by atoms with van der Waals surface area (Å²) in [6.07, 6.45) is 0.493. The van der Waals surface area contributed by atoms with E-state index in [-0.39, 0.29) is 62.2 Å². The van der Waals surface area contributed by atoms with Crippen LogP contribution in [0.15, 0.2) is 0 Å². The molecular formula is C13H18N12O2. The van der Waals surface area contributed by atoms with Crippen LogP contribution in [0.4, 0.5) is 28.6 Å². The number of carbonyl (C=O) groups is 2. The number of aromatic nitrogens is 6. The molecule has 0 saturated carbocycles. The molecule has 1 fully saturated rings. The van der Waals surface area contributed by atoms with Gasteiger partial charge in [0, 0.05) is 25.9 Å². The molecule has 3 rings (SSSR count). The van der Waals surface area contributed by atoms with E-state index in [4.69, 9.17) is 22.9 Å². The van der Waals surface area contributed by atoms with Crippen molar-refractivity contribution in [2.45, 2.75) is 12.8 Å². The zero-order valence-electron chi connectivity index (χ0n) is 14.2. The summed E-state index contributed by atoms with van der Waals surface area (Å²) in [5.41, 5.74) is 22.0. The number of nitrogens with two attached hydrogens (primary N) is 4. The molecule has 142 valence electrons.